The fourth-order valence-electron chi connectivity index (χ4n) is 8.02. The lowest BCUT2D eigenvalue weighted by Gasteiger charge is -2.15. The number of hydrogen-bond donors (Lipinski definition) is 0. The fraction of sp³-hybridized carbons (Fsp3) is 0. The molecule has 3 nitrogen and oxygen atoms in total. The Labute approximate surface area is 307 Å². The van der Waals surface area contributed by atoms with Gasteiger partial charge in [0.2, 0.25) is 0 Å². The largest absolute Gasteiger partial charge is 0.309 e. The average molecular weight is 659 g/mol. The van der Waals surface area contributed by atoms with Crippen LogP contribution in [0.2, 0.25) is 0 Å². The molecule has 0 bridgehead atoms. The van der Waals surface area contributed by atoms with Crippen molar-refractivity contribution in [3.63, 3.8) is 0 Å². The zero-order valence-corrected chi connectivity index (χ0v) is 27.0. The molecule has 11 rings (SSSR count). The first kappa shape index (κ1) is 20.6. The molecule has 3 heterocycles. The van der Waals surface area contributed by atoms with Crippen LogP contribution in [-0.2, 0) is 0 Å². The van der Waals surface area contributed by atoms with Crippen LogP contribution < -0.4 is 0 Å². The zero-order valence-electron chi connectivity index (χ0n) is 36.0. The Balaban J connectivity index is 1.24. The number of benzene rings is 8. The van der Waals surface area contributed by atoms with Gasteiger partial charge in [0.05, 0.1) is 56.8 Å². The molecule has 11 aromatic rings. The van der Waals surface area contributed by atoms with Gasteiger partial charge in [0.25, 0.3) is 0 Å². The molecule has 0 unspecified atom stereocenters. The van der Waals surface area contributed by atoms with Crippen molar-refractivity contribution in [3.05, 3.63) is 188 Å². The Morgan fingerprint density at radius 1 is 0.353 bits per heavy atom. The third kappa shape index (κ3) is 4.00. The standard InChI is InChI=1S/C48H31N3/c1-2-15-32(16-3-1)34-17-4-9-22-40(34)50-44-26-13-8-21-38(44)48-46(50)27-14-28-47(48)51-43-25-12-7-20-37(43)39-31-33(29-30-45(39)51)49-41-23-10-5-18-35(41)36-19-6-11-24-42(36)49/h1-31H/i1D,2D,3D,4D,9D,15D,16D,17D,22D. The highest BCUT2D eigenvalue weighted by atomic mass is 15.0. The van der Waals surface area contributed by atoms with Gasteiger partial charge in [0.1, 0.15) is 0 Å². The van der Waals surface area contributed by atoms with Gasteiger partial charge in [-0.25, -0.2) is 0 Å². The lowest BCUT2D eigenvalue weighted by molar-refractivity contribution is 1.16. The quantitative estimate of drug-likeness (QED) is 0.179. The van der Waals surface area contributed by atoms with Crippen molar-refractivity contribution in [1.29, 1.82) is 0 Å². The summed E-state index contributed by atoms with van der Waals surface area (Å²) >= 11 is 0. The maximum Gasteiger partial charge on any atom is 0.0645 e. The minimum atomic E-state index is -0.596. The van der Waals surface area contributed by atoms with E-state index in [1.54, 1.807) is 4.57 Å². The molecule has 0 N–H and O–H groups in total. The van der Waals surface area contributed by atoms with Gasteiger partial charge in [-0.15, -0.1) is 0 Å². The van der Waals surface area contributed by atoms with Crippen LogP contribution in [0.15, 0.2) is 188 Å². The first-order chi connectivity index (χ1) is 29.1. The lowest BCUT2D eigenvalue weighted by atomic mass is 10.0. The van der Waals surface area contributed by atoms with Crippen molar-refractivity contribution in [3.8, 4) is 28.2 Å². The van der Waals surface area contributed by atoms with E-state index in [4.69, 9.17) is 11.0 Å². The third-order valence-corrected chi connectivity index (χ3v) is 10.1. The summed E-state index contributed by atoms with van der Waals surface area (Å²) in [7, 11) is 0. The second-order valence-corrected chi connectivity index (χ2v) is 12.7. The lowest BCUT2D eigenvalue weighted by Crippen LogP contribution is -1.98. The van der Waals surface area contributed by atoms with Crippen molar-refractivity contribution in [2.45, 2.75) is 0 Å². The van der Waals surface area contributed by atoms with Gasteiger partial charge in [0.15, 0.2) is 0 Å². The topological polar surface area (TPSA) is 14.8 Å². The number of fused-ring (bicyclic) bond motifs is 9. The Hall–Kier alpha value is -6.84. The highest BCUT2D eigenvalue weighted by molar-refractivity contribution is 6.17. The molecule has 0 amide bonds. The zero-order chi connectivity index (χ0) is 41.3. The van der Waals surface area contributed by atoms with E-state index in [9.17, 15) is 1.37 Å². The predicted octanol–water partition coefficient (Wildman–Crippen LogP) is 12.6. The second-order valence-electron chi connectivity index (χ2n) is 12.7. The molecule has 3 aromatic heterocycles. The molecule has 0 atom stereocenters. The minimum Gasteiger partial charge on any atom is -0.309 e. The molecule has 238 valence electrons. The van der Waals surface area contributed by atoms with Gasteiger partial charge < -0.3 is 13.7 Å². The van der Waals surface area contributed by atoms with Crippen molar-refractivity contribution >= 4 is 65.4 Å². The Morgan fingerprint density at radius 2 is 0.863 bits per heavy atom. The molecule has 3 heteroatoms. The SMILES string of the molecule is [2H]c1c([2H])c([2H])c(-c2c([2H])c([2H])c([2H])c([2H])c2-n2c3ccccc3c3c(-n4c5ccccc5c5cc(-n6c7ccccc7c7ccccc76)ccc54)cccc32)c([2H])c1[2H]. The molecule has 0 fully saturated rings. The Morgan fingerprint density at radius 3 is 1.57 bits per heavy atom. The summed E-state index contributed by atoms with van der Waals surface area (Å²) in [5.41, 5.74) is 6.76. The average Bonchev–Trinajstić information content (AvgIpc) is 3.92. The summed E-state index contributed by atoms with van der Waals surface area (Å²) in [6.07, 6.45) is 0. The number of aromatic nitrogens is 3. The highest BCUT2D eigenvalue weighted by Gasteiger charge is 2.21. The predicted molar refractivity (Wildman–Crippen MR) is 215 cm³/mol. The number of para-hydroxylation sites is 5. The van der Waals surface area contributed by atoms with Crippen LogP contribution in [0.1, 0.15) is 12.3 Å². The second kappa shape index (κ2) is 10.8. The van der Waals surface area contributed by atoms with E-state index in [0.29, 0.717) is 11.0 Å². The molecule has 0 aliphatic carbocycles. The van der Waals surface area contributed by atoms with E-state index in [2.05, 4.69) is 88.0 Å². The smallest absolute Gasteiger partial charge is 0.0645 e. The normalized spacial score (nSPS) is 14.4. The maximum atomic E-state index is 9.36. The first-order valence-electron chi connectivity index (χ1n) is 21.3. The monoisotopic (exact) mass is 658 g/mol. The van der Waals surface area contributed by atoms with Crippen LogP contribution in [0.5, 0.6) is 0 Å². The van der Waals surface area contributed by atoms with Crippen LogP contribution in [-0.4, -0.2) is 13.7 Å². The van der Waals surface area contributed by atoms with Crippen molar-refractivity contribution < 1.29 is 12.3 Å². The first-order valence-corrected chi connectivity index (χ1v) is 16.8. The molecular weight excluding hydrogens is 619 g/mol. The van der Waals surface area contributed by atoms with E-state index < -0.39 is 54.4 Å². The van der Waals surface area contributed by atoms with Crippen molar-refractivity contribution in [2.24, 2.45) is 0 Å². The Kier molecular flexibility index (Phi) is 4.38. The molecule has 0 radical (unpaired) electrons. The van der Waals surface area contributed by atoms with Gasteiger partial charge in [-0.05, 0) is 66.2 Å². The molecule has 0 spiro atoms. The number of hydrogen-bond acceptors (Lipinski definition) is 0. The van der Waals surface area contributed by atoms with E-state index in [0.717, 1.165) is 55.0 Å². The summed E-state index contributed by atoms with van der Waals surface area (Å²) in [4.78, 5) is 0. The third-order valence-electron chi connectivity index (χ3n) is 10.1. The van der Waals surface area contributed by atoms with Crippen LogP contribution >= 0.6 is 0 Å². The van der Waals surface area contributed by atoms with E-state index >= 15 is 0 Å². The molecule has 8 aromatic carbocycles. The molecule has 0 saturated carbocycles. The minimum absolute atomic E-state index is 0.0130. The van der Waals surface area contributed by atoms with Crippen LogP contribution in [0.3, 0.4) is 0 Å². The summed E-state index contributed by atoms with van der Waals surface area (Å²) in [6.45, 7) is 0. The molecule has 0 aliphatic heterocycles. The van der Waals surface area contributed by atoms with Gasteiger partial charge in [-0.3, -0.25) is 0 Å². The maximum absolute atomic E-state index is 9.36. The summed E-state index contributed by atoms with van der Waals surface area (Å²) in [5.74, 6) is 0. The van der Waals surface area contributed by atoms with Gasteiger partial charge in [-0.2, -0.15) is 0 Å². The van der Waals surface area contributed by atoms with Crippen molar-refractivity contribution in [1.82, 2.24) is 13.7 Å². The fourth-order valence-corrected chi connectivity index (χ4v) is 8.02. The van der Waals surface area contributed by atoms with Gasteiger partial charge >= 0.3 is 0 Å². The van der Waals surface area contributed by atoms with Gasteiger partial charge in [-0.1, -0.05) is 127 Å². The summed E-state index contributed by atoms with van der Waals surface area (Å²) < 4.78 is 85.3. The van der Waals surface area contributed by atoms with Gasteiger partial charge in [0, 0.05) is 43.6 Å². The van der Waals surface area contributed by atoms with E-state index in [1.165, 1.54) is 10.8 Å². The summed E-state index contributed by atoms with van der Waals surface area (Å²) in [6, 6.07) is 40.3. The number of rotatable bonds is 4. The van der Waals surface area contributed by atoms with E-state index in [1.807, 2.05) is 54.6 Å². The summed E-state index contributed by atoms with van der Waals surface area (Å²) in [5, 5.41) is 6.06. The molecular formula is C48H31N3. The molecule has 0 aliphatic rings. The van der Waals surface area contributed by atoms with Crippen LogP contribution in [0.4, 0.5) is 0 Å². The van der Waals surface area contributed by atoms with Crippen LogP contribution in [0, 0.1) is 0 Å². The van der Waals surface area contributed by atoms with Crippen molar-refractivity contribution in [2.75, 3.05) is 0 Å². The molecule has 51 heavy (non-hydrogen) atoms. The highest BCUT2D eigenvalue weighted by Crippen LogP contribution is 2.42. The Bertz CT molecular complexity index is 3590. The van der Waals surface area contributed by atoms with Crippen LogP contribution in [0.25, 0.3) is 93.6 Å². The number of nitrogens with zero attached hydrogens (tertiary/aromatic N) is 3. The molecule has 0 saturated heterocycles. The van der Waals surface area contributed by atoms with E-state index in [-0.39, 0.29) is 16.8 Å².